The summed E-state index contributed by atoms with van der Waals surface area (Å²) >= 11 is 5.79. The lowest BCUT2D eigenvalue weighted by atomic mass is 10.1. The van der Waals surface area contributed by atoms with E-state index in [1.807, 2.05) is 0 Å². The standard InChI is InChI=1S/C15H21ClN2/c1-4-8-18-14-10-12(3)11(2)9-13(14)17-15(18)6-5-7-16/h9-10H,4-8H2,1-3H3. The molecule has 3 heteroatoms. The number of aryl methyl sites for hydroxylation is 4. The van der Waals surface area contributed by atoms with E-state index in [2.05, 4.69) is 37.5 Å². The molecule has 0 atom stereocenters. The molecule has 2 aromatic rings. The van der Waals surface area contributed by atoms with Gasteiger partial charge in [-0.2, -0.15) is 0 Å². The molecule has 0 saturated heterocycles. The molecule has 1 aromatic heterocycles. The summed E-state index contributed by atoms with van der Waals surface area (Å²) in [6.45, 7) is 7.55. The Morgan fingerprint density at radius 3 is 2.61 bits per heavy atom. The van der Waals surface area contributed by atoms with Crippen LogP contribution in [-0.4, -0.2) is 15.4 Å². The van der Waals surface area contributed by atoms with Gasteiger partial charge in [0.2, 0.25) is 0 Å². The molecule has 1 aromatic carbocycles. The molecule has 0 radical (unpaired) electrons. The fraction of sp³-hybridized carbons (Fsp3) is 0.533. The van der Waals surface area contributed by atoms with E-state index in [4.69, 9.17) is 16.6 Å². The second-order valence-corrected chi connectivity index (χ2v) is 5.28. The fourth-order valence-electron chi connectivity index (χ4n) is 2.32. The quantitative estimate of drug-likeness (QED) is 0.739. The number of aromatic nitrogens is 2. The first-order chi connectivity index (χ1) is 8.67. The van der Waals surface area contributed by atoms with Crippen LogP contribution in [0.3, 0.4) is 0 Å². The molecule has 0 amide bonds. The summed E-state index contributed by atoms with van der Waals surface area (Å²) in [5.74, 6) is 1.88. The Hall–Kier alpha value is -1.02. The number of rotatable bonds is 5. The summed E-state index contributed by atoms with van der Waals surface area (Å²) in [6.07, 6.45) is 3.09. The molecule has 0 aliphatic rings. The normalized spacial score (nSPS) is 11.3. The Bertz CT molecular complexity index is 543. The van der Waals surface area contributed by atoms with Crippen LogP contribution in [-0.2, 0) is 13.0 Å². The number of nitrogens with zero attached hydrogens (tertiary/aromatic N) is 2. The molecule has 0 unspecified atom stereocenters. The Morgan fingerprint density at radius 2 is 1.94 bits per heavy atom. The van der Waals surface area contributed by atoms with Crippen LogP contribution in [0.15, 0.2) is 12.1 Å². The van der Waals surface area contributed by atoms with Crippen LogP contribution in [0.5, 0.6) is 0 Å². The molecular formula is C15H21ClN2. The van der Waals surface area contributed by atoms with Crippen molar-refractivity contribution in [2.45, 2.75) is 46.6 Å². The maximum absolute atomic E-state index is 5.79. The van der Waals surface area contributed by atoms with Crippen molar-refractivity contribution in [3.63, 3.8) is 0 Å². The van der Waals surface area contributed by atoms with Crippen molar-refractivity contribution >= 4 is 22.6 Å². The summed E-state index contributed by atoms with van der Waals surface area (Å²) < 4.78 is 2.36. The number of benzene rings is 1. The molecule has 2 rings (SSSR count). The summed E-state index contributed by atoms with van der Waals surface area (Å²) in [4.78, 5) is 4.78. The number of alkyl halides is 1. The second kappa shape index (κ2) is 5.75. The molecule has 0 bridgehead atoms. The minimum Gasteiger partial charge on any atom is -0.328 e. The van der Waals surface area contributed by atoms with E-state index in [9.17, 15) is 0 Å². The highest BCUT2D eigenvalue weighted by Gasteiger charge is 2.11. The van der Waals surface area contributed by atoms with Crippen LogP contribution < -0.4 is 0 Å². The highest BCUT2D eigenvalue weighted by Crippen LogP contribution is 2.22. The molecule has 0 aliphatic carbocycles. The molecule has 0 fully saturated rings. The largest absolute Gasteiger partial charge is 0.328 e. The average molecular weight is 265 g/mol. The van der Waals surface area contributed by atoms with Gasteiger partial charge in [0.25, 0.3) is 0 Å². The van der Waals surface area contributed by atoms with Crippen LogP contribution in [0.4, 0.5) is 0 Å². The molecule has 18 heavy (non-hydrogen) atoms. The first kappa shape index (κ1) is 13.4. The van der Waals surface area contributed by atoms with Crippen molar-refractivity contribution in [2.24, 2.45) is 0 Å². The van der Waals surface area contributed by atoms with Crippen molar-refractivity contribution < 1.29 is 0 Å². The zero-order chi connectivity index (χ0) is 13.1. The van der Waals surface area contributed by atoms with Crippen LogP contribution in [0.2, 0.25) is 0 Å². The highest BCUT2D eigenvalue weighted by atomic mass is 35.5. The number of imidazole rings is 1. The predicted octanol–water partition coefficient (Wildman–Crippen LogP) is 4.23. The van der Waals surface area contributed by atoms with E-state index in [1.165, 1.54) is 22.5 Å². The lowest BCUT2D eigenvalue weighted by molar-refractivity contribution is 0.647. The third-order valence-corrected chi connectivity index (χ3v) is 3.69. The van der Waals surface area contributed by atoms with Gasteiger partial charge in [0.1, 0.15) is 5.82 Å². The molecule has 0 aliphatic heterocycles. The predicted molar refractivity (Wildman–Crippen MR) is 78.5 cm³/mol. The minimum absolute atomic E-state index is 0.702. The first-order valence-corrected chi connectivity index (χ1v) is 7.23. The highest BCUT2D eigenvalue weighted by molar-refractivity contribution is 6.17. The maximum Gasteiger partial charge on any atom is 0.109 e. The van der Waals surface area contributed by atoms with Crippen LogP contribution in [0, 0.1) is 13.8 Å². The third-order valence-electron chi connectivity index (χ3n) is 3.42. The van der Waals surface area contributed by atoms with Crippen LogP contribution >= 0.6 is 11.6 Å². The number of fused-ring (bicyclic) bond motifs is 1. The van der Waals surface area contributed by atoms with E-state index in [1.54, 1.807) is 0 Å². The molecule has 2 nitrogen and oxygen atoms in total. The lowest BCUT2D eigenvalue weighted by Crippen LogP contribution is -2.04. The Morgan fingerprint density at radius 1 is 1.22 bits per heavy atom. The van der Waals surface area contributed by atoms with Crippen LogP contribution in [0.1, 0.15) is 36.7 Å². The lowest BCUT2D eigenvalue weighted by Gasteiger charge is -2.08. The van der Waals surface area contributed by atoms with Crippen LogP contribution in [0.25, 0.3) is 11.0 Å². The van der Waals surface area contributed by atoms with Crippen molar-refractivity contribution in [1.82, 2.24) is 9.55 Å². The molecule has 98 valence electrons. The van der Waals surface area contributed by atoms with Crippen molar-refractivity contribution in [2.75, 3.05) is 5.88 Å². The summed E-state index contributed by atoms with van der Waals surface area (Å²) in [5.41, 5.74) is 5.04. The van der Waals surface area contributed by atoms with Crippen molar-refractivity contribution in [1.29, 1.82) is 0 Å². The van der Waals surface area contributed by atoms with E-state index in [0.717, 1.165) is 31.3 Å². The van der Waals surface area contributed by atoms with Gasteiger partial charge in [-0.1, -0.05) is 6.92 Å². The van der Waals surface area contributed by atoms with Gasteiger partial charge < -0.3 is 4.57 Å². The van der Waals surface area contributed by atoms with Gasteiger partial charge in [-0.25, -0.2) is 4.98 Å². The zero-order valence-corrected chi connectivity index (χ0v) is 12.2. The number of hydrogen-bond donors (Lipinski definition) is 0. The van der Waals surface area contributed by atoms with E-state index in [-0.39, 0.29) is 0 Å². The second-order valence-electron chi connectivity index (χ2n) is 4.90. The third kappa shape index (κ3) is 2.54. The minimum atomic E-state index is 0.702. The first-order valence-electron chi connectivity index (χ1n) is 6.69. The SMILES string of the molecule is CCCn1c(CCCCl)nc2cc(C)c(C)cc21. The molecule has 0 N–H and O–H groups in total. The van der Waals surface area contributed by atoms with Gasteiger partial charge in [-0.05, 0) is 49.9 Å². The van der Waals surface area contributed by atoms with E-state index >= 15 is 0 Å². The molecule has 0 saturated carbocycles. The van der Waals surface area contributed by atoms with Gasteiger partial charge in [-0.15, -0.1) is 11.6 Å². The van der Waals surface area contributed by atoms with Gasteiger partial charge in [-0.3, -0.25) is 0 Å². The average Bonchev–Trinajstić information content (AvgIpc) is 2.66. The molecule has 1 heterocycles. The topological polar surface area (TPSA) is 17.8 Å². The summed E-state index contributed by atoms with van der Waals surface area (Å²) in [6, 6.07) is 4.46. The smallest absolute Gasteiger partial charge is 0.109 e. The Labute approximate surface area is 114 Å². The van der Waals surface area contributed by atoms with Crippen molar-refractivity contribution in [3.05, 3.63) is 29.1 Å². The van der Waals surface area contributed by atoms with Gasteiger partial charge in [0, 0.05) is 18.8 Å². The molecule has 0 spiro atoms. The summed E-state index contributed by atoms with van der Waals surface area (Å²) in [7, 11) is 0. The molecular weight excluding hydrogens is 244 g/mol. The van der Waals surface area contributed by atoms with Gasteiger partial charge in [0.05, 0.1) is 11.0 Å². The maximum atomic E-state index is 5.79. The monoisotopic (exact) mass is 264 g/mol. The van der Waals surface area contributed by atoms with E-state index < -0.39 is 0 Å². The zero-order valence-electron chi connectivity index (χ0n) is 11.5. The number of halogens is 1. The van der Waals surface area contributed by atoms with Gasteiger partial charge in [0.15, 0.2) is 0 Å². The fourth-order valence-corrected chi connectivity index (χ4v) is 2.45. The van der Waals surface area contributed by atoms with Crippen molar-refractivity contribution in [3.8, 4) is 0 Å². The summed E-state index contributed by atoms with van der Waals surface area (Å²) in [5, 5.41) is 0. The Kier molecular flexibility index (Phi) is 4.28. The number of hydrogen-bond acceptors (Lipinski definition) is 1. The Balaban J connectivity index is 2.52. The van der Waals surface area contributed by atoms with Gasteiger partial charge >= 0.3 is 0 Å². The van der Waals surface area contributed by atoms with E-state index in [0.29, 0.717) is 5.88 Å².